The molecule has 2 unspecified atom stereocenters. The lowest BCUT2D eigenvalue weighted by Gasteiger charge is -2.36. The smallest absolute Gasteiger partial charge is 0.408 e. The van der Waals surface area contributed by atoms with Crippen molar-refractivity contribution in [1.82, 2.24) is 15.5 Å². The molecule has 7 heteroatoms. The lowest BCUT2D eigenvalue weighted by atomic mass is 9.93. The van der Waals surface area contributed by atoms with Crippen molar-refractivity contribution in [3.05, 3.63) is 35.4 Å². The van der Waals surface area contributed by atoms with Gasteiger partial charge in [0.05, 0.1) is 0 Å². The fourth-order valence-corrected chi connectivity index (χ4v) is 4.82. The number of nitrogens with zero attached hydrogens (tertiary/aromatic N) is 1. The summed E-state index contributed by atoms with van der Waals surface area (Å²) >= 11 is 0. The predicted octanol–water partition coefficient (Wildman–Crippen LogP) is 5.66. The van der Waals surface area contributed by atoms with Gasteiger partial charge in [-0.25, -0.2) is 4.79 Å². The summed E-state index contributed by atoms with van der Waals surface area (Å²) in [7, 11) is 0. The number of hydrogen-bond donors (Lipinski definition) is 2. The van der Waals surface area contributed by atoms with E-state index in [1.54, 1.807) is 25.7 Å². The van der Waals surface area contributed by atoms with E-state index in [2.05, 4.69) is 10.6 Å². The van der Waals surface area contributed by atoms with Crippen molar-refractivity contribution in [3.8, 4) is 0 Å². The second-order valence-corrected chi connectivity index (χ2v) is 11.5. The molecule has 0 aromatic heterocycles. The first-order chi connectivity index (χ1) is 16.9. The topological polar surface area (TPSA) is 87.7 Å². The molecule has 2 rings (SSSR count). The van der Waals surface area contributed by atoms with Crippen molar-refractivity contribution in [2.45, 2.75) is 117 Å². The molecular formula is C29H47N3O4. The molecule has 1 aromatic carbocycles. The van der Waals surface area contributed by atoms with E-state index in [0.717, 1.165) is 36.8 Å². The van der Waals surface area contributed by atoms with Gasteiger partial charge >= 0.3 is 6.09 Å². The molecule has 2 atom stereocenters. The Morgan fingerprint density at radius 3 is 2.28 bits per heavy atom. The van der Waals surface area contributed by atoms with E-state index >= 15 is 0 Å². The number of hydrogen-bond acceptors (Lipinski definition) is 4. The molecule has 1 aliphatic carbocycles. The Morgan fingerprint density at radius 1 is 1.08 bits per heavy atom. The van der Waals surface area contributed by atoms with Crippen LogP contribution in [0.1, 0.15) is 104 Å². The normalized spacial score (nSPS) is 16.2. The summed E-state index contributed by atoms with van der Waals surface area (Å²) in [4.78, 5) is 42.2. The van der Waals surface area contributed by atoms with Crippen LogP contribution in [-0.4, -0.2) is 47.0 Å². The molecule has 0 aliphatic heterocycles. The average molecular weight is 502 g/mol. The van der Waals surface area contributed by atoms with Crippen LogP contribution in [-0.2, 0) is 14.3 Å². The summed E-state index contributed by atoms with van der Waals surface area (Å²) in [5, 5.41) is 6.05. The van der Waals surface area contributed by atoms with E-state index in [0.29, 0.717) is 19.4 Å². The van der Waals surface area contributed by atoms with E-state index in [1.807, 2.05) is 52.0 Å². The van der Waals surface area contributed by atoms with Crippen LogP contribution in [0.3, 0.4) is 0 Å². The summed E-state index contributed by atoms with van der Waals surface area (Å²) in [5.74, 6) is -0.257. The Balaban J connectivity index is 2.42. The third-order valence-corrected chi connectivity index (χ3v) is 6.44. The Kier molecular flexibility index (Phi) is 11.3. The molecule has 0 saturated heterocycles. The predicted molar refractivity (Wildman–Crippen MR) is 144 cm³/mol. The molecule has 1 saturated carbocycles. The standard InChI is InChI=1S/C29H47N3O4/c1-8-18-32(27(34)24(19-20(2)3)31-28(35)36-29(5,6)7)25(23-17-13-12-14-21(23)4)26(33)30-22-15-10-9-11-16-22/h12-14,17,20,22,24-25H,8-11,15-16,18-19H2,1-7H3,(H,30,33)(H,31,35). The van der Waals surface area contributed by atoms with Crippen LogP contribution in [0.15, 0.2) is 24.3 Å². The second kappa shape index (κ2) is 13.7. The van der Waals surface area contributed by atoms with Gasteiger partial charge < -0.3 is 20.3 Å². The van der Waals surface area contributed by atoms with Gasteiger partial charge in [0.1, 0.15) is 17.7 Å². The highest BCUT2D eigenvalue weighted by Gasteiger charge is 2.37. The van der Waals surface area contributed by atoms with Gasteiger partial charge in [0.15, 0.2) is 0 Å². The van der Waals surface area contributed by atoms with Crippen molar-refractivity contribution in [2.75, 3.05) is 6.54 Å². The number of amides is 3. The third-order valence-electron chi connectivity index (χ3n) is 6.44. The quantitative estimate of drug-likeness (QED) is 0.433. The van der Waals surface area contributed by atoms with Crippen LogP contribution >= 0.6 is 0 Å². The summed E-state index contributed by atoms with van der Waals surface area (Å²) in [6.07, 6.45) is 5.84. The van der Waals surface area contributed by atoms with Crippen LogP contribution in [0.4, 0.5) is 4.79 Å². The Hall–Kier alpha value is -2.57. The van der Waals surface area contributed by atoms with Crippen LogP contribution in [0.25, 0.3) is 0 Å². The zero-order valence-corrected chi connectivity index (χ0v) is 23.4. The number of carbonyl (C=O) groups is 3. The first kappa shape index (κ1) is 29.7. The van der Waals surface area contributed by atoms with Crippen LogP contribution < -0.4 is 10.6 Å². The second-order valence-electron chi connectivity index (χ2n) is 11.5. The number of ether oxygens (including phenoxy) is 1. The van der Waals surface area contributed by atoms with Crippen molar-refractivity contribution in [2.24, 2.45) is 5.92 Å². The van der Waals surface area contributed by atoms with Crippen molar-refractivity contribution >= 4 is 17.9 Å². The van der Waals surface area contributed by atoms with Crippen molar-refractivity contribution in [1.29, 1.82) is 0 Å². The zero-order chi connectivity index (χ0) is 26.9. The van der Waals surface area contributed by atoms with E-state index in [1.165, 1.54) is 6.42 Å². The number of aryl methyl sites for hydroxylation is 1. The Labute approximate surface area is 217 Å². The molecular weight excluding hydrogens is 454 g/mol. The molecule has 1 aliphatic rings. The molecule has 0 heterocycles. The van der Waals surface area contributed by atoms with Gasteiger partial charge in [-0.2, -0.15) is 0 Å². The average Bonchev–Trinajstić information content (AvgIpc) is 2.78. The van der Waals surface area contributed by atoms with Gasteiger partial charge in [0.25, 0.3) is 0 Å². The van der Waals surface area contributed by atoms with Gasteiger partial charge in [-0.3, -0.25) is 9.59 Å². The van der Waals surface area contributed by atoms with Gasteiger partial charge in [0, 0.05) is 12.6 Å². The molecule has 0 bridgehead atoms. The first-order valence-electron chi connectivity index (χ1n) is 13.6. The molecule has 0 radical (unpaired) electrons. The number of rotatable bonds is 10. The minimum Gasteiger partial charge on any atom is -0.444 e. The van der Waals surface area contributed by atoms with Gasteiger partial charge in [-0.15, -0.1) is 0 Å². The number of alkyl carbamates (subject to hydrolysis) is 1. The SMILES string of the molecule is CCCN(C(=O)C(CC(C)C)NC(=O)OC(C)(C)C)C(C(=O)NC1CCCCC1)c1ccccc1C. The molecule has 1 fully saturated rings. The molecule has 202 valence electrons. The highest BCUT2D eigenvalue weighted by atomic mass is 16.6. The lowest BCUT2D eigenvalue weighted by Crippen LogP contribution is -2.54. The highest BCUT2D eigenvalue weighted by Crippen LogP contribution is 2.28. The first-order valence-corrected chi connectivity index (χ1v) is 13.6. The largest absolute Gasteiger partial charge is 0.444 e. The third kappa shape index (κ3) is 9.14. The molecule has 36 heavy (non-hydrogen) atoms. The van der Waals surface area contributed by atoms with E-state index in [9.17, 15) is 14.4 Å². The number of carbonyl (C=O) groups excluding carboxylic acids is 3. The molecule has 2 N–H and O–H groups in total. The molecule has 3 amide bonds. The van der Waals surface area contributed by atoms with Gasteiger partial charge in [-0.1, -0.05) is 64.3 Å². The van der Waals surface area contributed by atoms with Gasteiger partial charge in [0.2, 0.25) is 11.8 Å². The van der Waals surface area contributed by atoms with Crippen LogP contribution in [0.2, 0.25) is 0 Å². The summed E-state index contributed by atoms with van der Waals surface area (Å²) < 4.78 is 5.45. The number of nitrogens with one attached hydrogen (secondary N) is 2. The zero-order valence-electron chi connectivity index (χ0n) is 23.4. The number of benzene rings is 1. The highest BCUT2D eigenvalue weighted by molar-refractivity contribution is 5.92. The maximum atomic E-state index is 14.1. The molecule has 1 aromatic rings. The fraction of sp³-hybridized carbons (Fsp3) is 0.690. The van der Waals surface area contributed by atoms with E-state index in [4.69, 9.17) is 4.74 Å². The van der Waals surface area contributed by atoms with Crippen molar-refractivity contribution < 1.29 is 19.1 Å². The Bertz CT molecular complexity index is 872. The minimum absolute atomic E-state index is 0.127. The molecule has 0 spiro atoms. The maximum absolute atomic E-state index is 14.1. The summed E-state index contributed by atoms with van der Waals surface area (Å²) in [5.41, 5.74) is 1.09. The summed E-state index contributed by atoms with van der Waals surface area (Å²) in [6, 6.07) is 6.30. The van der Waals surface area contributed by atoms with E-state index in [-0.39, 0.29) is 23.8 Å². The van der Waals surface area contributed by atoms with E-state index < -0.39 is 23.8 Å². The van der Waals surface area contributed by atoms with Crippen molar-refractivity contribution in [3.63, 3.8) is 0 Å². The minimum atomic E-state index is -0.791. The van der Waals surface area contributed by atoms with Crippen LogP contribution in [0, 0.1) is 12.8 Å². The maximum Gasteiger partial charge on any atom is 0.408 e. The fourth-order valence-electron chi connectivity index (χ4n) is 4.82. The van der Waals surface area contributed by atoms with Crippen LogP contribution in [0.5, 0.6) is 0 Å². The monoisotopic (exact) mass is 501 g/mol. The summed E-state index contributed by atoms with van der Waals surface area (Å²) in [6.45, 7) is 13.8. The molecule has 7 nitrogen and oxygen atoms in total. The lowest BCUT2D eigenvalue weighted by molar-refractivity contribution is -0.143. The Morgan fingerprint density at radius 2 is 1.72 bits per heavy atom. The van der Waals surface area contributed by atoms with Gasteiger partial charge in [-0.05, 0) is 70.4 Å².